The van der Waals surface area contributed by atoms with Crippen molar-refractivity contribution >= 4 is 25.4 Å². The van der Waals surface area contributed by atoms with Crippen LogP contribution in [0.1, 0.15) is 19.4 Å². The molecule has 0 bridgehead atoms. The summed E-state index contributed by atoms with van der Waals surface area (Å²) in [5.74, 6) is -2.82. The van der Waals surface area contributed by atoms with Crippen LogP contribution in [0.2, 0.25) is 0 Å². The SMILES string of the molecule is CC(O)[C@H]1C(=O)N2C(C(=O)OCc3ccc([N+](=O)[O-])cc3)=C(OP(=O)(Oc3ccccc3)Oc3ccccc3)[C@H](C)[C@H]12. The number of rotatable bonds is 11. The first kappa shape index (κ1) is 28.8. The van der Waals surface area contributed by atoms with Gasteiger partial charge in [0.2, 0.25) is 5.91 Å². The molecule has 42 heavy (non-hydrogen) atoms. The fraction of sp³-hybridized carbons (Fsp3) is 0.241. The quantitative estimate of drug-likeness (QED) is 0.106. The third-order valence-electron chi connectivity index (χ3n) is 6.95. The number of fused-ring (bicyclic) bond motifs is 1. The Morgan fingerprint density at radius 1 is 0.976 bits per heavy atom. The summed E-state index contributed by atoms with van der Waals surface area (Å²) >= 11 is 0. The average Bonchev–Trinajstić information content (AvgIpc) is 3.20. The van der Waals surface area contributed by atoms with Crippen molar-refractivity contribution in [2.45, 2.75) is 32.6 Å². The van der Waals surface area contributed by atoms with Crippen LogP contribution in [-0.2, 0) is 30.0 Å². The number of phosphoric ester groups is 1. The van der Waals surface area contributed by atoms with E-state index in [1.165, 1.54) is 36.1 Å². The van der Waals surface area contributed by atoms with Gasteiger partial charge in [-0.05, 0) is 48.9 Å². The molecular formula is C29H27N2O10P. The monoisotopic (exact) mass is 594 g/mol. The number of nitrogens with zero attached hydrogens (tertiary/aromatic N) is 2. The van der Waals surface area contributed by atoms with Crippen LogP contribution >= 0.6 is 7.82 Å². The van der Waals surface area contributed by atoms with Crippen molar-refractivity contribution in [3.8, 4) is 11.5 Å². The lowest BCUT2D eigenvalue weighted by Crippen LogP contribution is -2.63. The van der Waals surface area contributed by atoms with Crippen LogP contribution in [0.15, 0.2) is 96.4 Å². The molecule has 4 atom stereocenters. The van der Waals surface area contributed by atoms with Crippen molar-refractivity contribution in [3.63, 3.8) is 0 Å². The van der Waals surface area contributed by atoms with Gasteiger partial charge in [-0.2, -0.15) is 4.57 Å². The van der Waals surface area contributed by atoms with E-state index in [1.807, 2.05) is 0 Å². The Kier molecular flexibility index (Phi) is 8.02. The molecule has 1 amide bonds. The molecule has 2 aliphatic rings. The second-order valence-corrected chi connectivity index (χ2v) is 11.3. The molecule has 13 heteroatoms. The first-order valence-electron chi connectivity index (χ1n) is 13.0. The number of amides is 1. The number of aliphatic hydroxyl groups is 1. The number of nitro benzene ring substituents is 1. The highest BCUT2D eigenvalue weighted by Crippen LogP contribution is 2.57. The van der Waals surface area contributed by atoms with E-state index in [0.29, 0.717) is 5.56 Å². The number of nitro groups is 1. The maximum Gasteiger partial charge on any atom is 0.646 e. The summed E-state index contributed by atoms with van der Waals surface area (Å²) < 4.78 is 37.0. The molecule has 1 N–H and O–H groups in total. The summed E-state index contributed by atoms with van der Waals surface area (Å²) in [6, 6.07) is 21.1. The summed E-state index contributed by atoms with van der Waals surface area (Å²) in [6.45, 7) is 2.87. The van der Waals surface area contributed by atoms with Crippen molar-refractivity contribution in [1.29, 1.82) is 0 Å². The van der Waals surface area contributed by atoms with Gasteiger partial charge >= 0.3 is 13.8 Å². The molecule has 0 saturated carbocycles. The van der Waals surface area contributed by atoms with Crippen LogP contribution < -0.4 is 9.05 Å². The summed E-state index contributed by atoms with van der Waals surface area (Å²) in [7, 11) is -4.54. The van der Waals surface area contributed by atoms with Gasteiger partial charge < -0.3 is 23.4 Å². The van der Waals surface area contributed by atoms with Gasteiger partial charge in [0.05, 0.1) is 23.0 Å². The number of hydrogen-bond acceptors (Lipinski definition) is 10. The minimum absolute atomic E-state index is 0.126. The van der Waals surface area contributed by atoms with Crippen LogP contribution in [0.4, 0.5) is 5.69 Å². The molecule has 1 unspecified atom stereocenters. The summed E-state index contributed by atoms with van der Waals surface area (Å²) in [6.07, 6.45) is -1.02. The van der Waals surface area contributed by atoms with Gasteiger partial charge in [0.15, 0.2) is 5.70 Å². The van der Waals surface area contributed by atoms with Gasteiger partial charge in [0.1, 0.15) is 23.9 Å². The molecular weight excluding hydrogens is 567 g/mol. The zero-order valence-electron chi connectivity index (χ0n) is 22.6. The van der Waals surface area contributed by atoms with Gasteiger partial charge in [0, 0.05) is 18.1 Å². The van der Waals surface area contributed by atoms with E-state index in [2.05, 4.69) is 0 Å². The molecule has 2 heterocycles. The molecule has 5 rings (SSSR count). The maximum absolute atomic E-state index is 14.2. The van der Waals surface area contributed by atoms with Gasteiger partial charge in [0.25, 0.3) is 5.69 Å². The van der Waals surface area contributed by atoms with Crippen LogP contribution in [0.25, 0.3) is 0 Å². The Balaban J connectivity index is 1.48. The van der Waals surface area contributed by atoms with E-state index >= 15 is 0 Å². The van der Waals surface area contributed by atoms with Gasteiger partial charge in [-0.1, -0.05) is 43.3 Å². The lowest BCUT2D eigenvalue weighted by Gasteiger charge is -2.46. The molecule has 1 fully saturated rings. The maximum atomic E-state index is 14.2. The number of benzene rings is 3. The van der Waals surface area contributed by atoms with E-state index < -0.39 is 48.6 Å². The summed E-state index contributed by atoms with van der Waals surface area (Å²) in [4.78, 5) is 38.1. The van der Waals surface area contributed by atoms with Crippen molar-refractivity contribution in [3.05, 3.63) is 112 Å². The van der Waals surface area contributed by atoms with Crippen LogP contribution in [0.5, 0.6) is 11.5 Å². The summed E-state index contributed by atoms with van der Waals surface area (Å²) in [5.41, 5.74) is 0.0469. The molecule has 0 spiro atoms. The predicted octanol–water partition coefficient (Wildman–Crippen LogP) is 4.99. The molecule has 2 aliphatic heterocycles. The smallest absolute Gasteiger partial charge is 0.456 e. The first-order chi connectivity index (χ1) is 20.1. The standard InChI is InChI=1S/C29H27N2O10P/c1-18-25-24(19(2)32)28(33)30(25)26(29(34)38-17-20-13-15-21(16-14-20)31(35)36)27(18)41-42(37,39-22-9-5-3-6-10-22)40-23-11-7-4-8-12-23/h3-16,18-19,24-25,32H,17H2,1-2H3/t18-,19?,24-,25-/m1/s1. The van der Waals surface area contributed by atoms with Crippen molar-refractivity contribution in [1.82, 2.24) is 4.90 Å². The predicted molar refractivity (Wildman–Crippen MR) is 148 cm³/mol. The number of para-hydroxylation sites is 2. The lowest BCUT2D eigenvalue weighted by molar-refractivity contribution is -0.384. The highest BCUT2D eigenvalue weighted by Gasteiger charge is 2.62. The molecule has 0 aromatic heterocycles. The highest BCUT2D eigenvalue weighted by atomic mass is 31.2. The van der Waals surface area contributed by atoms with Crippen molar-refractivity contribution < 1.29 is 42.5 Å². The second kappa shape index (κ2) is 11.7. The minimum atomic E-state index is -4.54. The largest absolute Gasteiger partial charge is 0.646 e. The fourth-order valence-electron chi connectivity index (χ4n) is 4.96. The fourth-order valence-corrected chi connectivity index (χ4v) is 6.33. The normalized spacial score (nSPS) is 20.3. The first-order valence-corrected chi connectivity index (χ1v) is 14.5. The van der Waals surface area contributed by atoms with E-state index in [9.17, 15) is 29.4 Å². The molecule has 3 aromatic rings. The molecule has 1 saturated heterocycles. The highest BCUT2D eigenvalue weighted by molar-refractivity contribution is 7.49. The Morgan fingerprint density at radius 2 is 1.52 bits per heavy atom. The van der Waals surface area contributed by atoms with Gasteiger partial charge in [-0.3, -0.25) is 19.8 Å². The molecule has 0 radical (unpaired) electrons. The number of aliphatic hydroxyl groups excluding tert-OH is 1. The van der Waals surface area contributed by atoms with Crippen LogP contribution in [0, 0.1) is 22.0 Å². The number of carbonyl (C=O) groups is 2. The second-order valence-electron chi connectivity index (χ2n) is 9.81. The van der Waals surface area contributed by atoms with Crippen LogP contribution in [-0.4, -0.2) is 39.0 Å². The Labute approximate surface area is 240 Å². The number of non-ortho nitro benzene ring substituents is 1. The van der Waals surface area contributed by atoms with E-state index in [-0.39, 0.29) is 35.2 Å². The molecule has 218 valence electrons. The number of hydrogen-bond donors (Lipinski definition) is 1. The summed E-state index contributed by atoms with van der Waals surface area (Å²) in [5, 5.41) is 21.2. The van der Waals surface area contributed by atoms with Gasteiger partial charge in [-0.25, -0.2) is 4.79 Å². The van der Waals surface area contributed by atoms with E-state index in [1.54, 1.807) is 67.6 Å². The minimum Gasteiger partial charge on any atom is -0.456 e. The van der Waals surface area contributed by atoms with Crippen molar-refractivity contribution in [2.75, 3.05) is 0 Å². The van der Waals surface area contributed by atoms with Gasteiger partial charge in [-0.15, -0.1) is 0 Å². The number of esters is 1. The van der Waals surface area contributed by atoms with Crippen molar-refractivity contribution in [2.24, 2.45) is 11.8 Å². The Hall–Kier alpha value is -4.67. The molecule has 3 aromatic carbocycles. The number of phosphoric acid groups is 1. The Morgan fingerprint density at radius 3 is 2.02 bits per heavy atom. The Bertz CT molecular complexity index is 1510. The zero-order valence-corrected chi connectivity index (χ0v) is 23.5. The average molecular weight is 595 g/mol. The molecule has 0 aliphatic carbocycles. The zero-order chi connectivity index (χ0) is 30.0. The number of β-lactam (4-membered cyclic amide) rings is 1. The molecule has 12 nitrogen and oxygen atoms in total. The van der Waals surface area contributed by atoms with E-state index in [0.717, 1.165) is 0 Å². The lowest BCUT2D eigenvalue weighted by atomic mass is 9.79. The number of carbonyl (C=O) groups excluding carboxylic acids is 2. The van der Waals surface area contributed by atoms with E-state index in [4.69, 9.17) is 18.3 Å². The topological polar surface area (TPSA) is 155 Å². The number of ether oxygens (including phenoxy) is 1. The third-order valence-corrected chi connectivity index (χ3v) is 8.24. The third kappa shape index (κ3) is 5.72. The van der Waals surface area contributed by atoms with Crippen LogP contribution in [0.3, 0.4) is 0 Å².